The van der Waals surface area contributed by atoms with Crippen LogP contribution < -0.4 is 4.74 Å². The number of hydrogen-bond donors (Lipinski definition) is 1. The highest BCUT2D eigenvalue weighted by atomic mass is 16.5. The molecular formula is C19H25NO4. The first-order valence-corrected chi connectivity index (χ1v) is 8.67. The van der Waals surface area contributed by atoms with E-state index in [-0.39, 0.29) is 12.5 Å². The maximum absolute atomic E-state index is 13.1. The Balaban J connectivity index is 1.82. The highest BCUT2D eigenvalue weighted by molar-refractivity contribution is 5.95. The van der Waals surface area contributed by atoms with E-state index in [4.69, 9.17) is 9.84 Å². The zero-order valence-electron chi connectivity index (χ0n) is 14.5. The molecule has 1 amide bonds. The number of hydrogen-bond acceptors (Lipinski definition) is 3. The van der Waals surface area contributed by atoms with Crippen LogP contribution in [0.25, 0.3) is 0 Å². The molecule has 2 fully saturated rings. The highest BCUT2D eigenvalue weighted by Gasteiger charge is 2.42. The predicted octanol–water partition coefficient (Wildman–Crippen LogP) is 3.17. The van der Waals surface area contributed by atoms with E-state index in [2.05, 4.69) is 11.8 Å². The second-order valence-corrected chi connectivity index (χ2v) is 7.14. The van der Waals surface area contributed by atoms with Crippen LogP contribution in [0.15, 0.2) is 12.1 Å². The molecule has 0 spiro atoms. The number of nitrogens with zero attached hydrogens (tertiary/aromatic N) is 1. The fourth-order valence-corrected chi connectivity index (χ4v) is 3.43. The second-order valence-electron chi connectivity index (χ2n) is 7.14. The van der Waals surface area contributed by atoms with Gasteiger partial charge in [-0.15, -0.1) is 0 Å². The Hall–Kier alpha value is -2.04. The number of ether oxygens (including phenoxy) is 1. The fraction of sp³-hybridized carbons (Fsp3) is 0.579. The van der Waals surface area contributed by atoms with Crippen molar-refractivity contribution in [3.05, 3.63) is 28.8 Å². The SMILES string of the molecule is Cc1cc(C(=O)N(C2CC2)[C@@H](C)C2CC2)cc(C)c1OCC(=O)O. The molecule has 1 aromatic carbocycles. The van der Waals surface area contributed by atoms with Gasteiger partial charge in [0.25, 0.3) is 5.91 Å². The third-order valence-corrected chi connectivity index (χ3v) is 4.97. The van der Waals surface area contributed by atoms with Crippen molar-refractivity contribution >= 4 is 11.9 Å². The number of benzene rings is 1. The van der Waals surface area contributed by atoms with Gasteiger partial charge in [0.05, 0.1) is 0 Å². The maximum atomic E-state index is 13.1. The summed E-state index contributed by atoms with van der Waals surface area (Å²) in [4.78, 5) is 25.8. The van der Waals surface area contributed by atoms with Crippen LogP contribution in [-0.4, -0.2) is 40.6 Å². The normalized spacial score (nSPS) is 18.1. The summed E-state index contributed by atoms with van der Waals surface area (Å²) in [6, 6.07) is 4.33. The summed E-state index contributed by atoms with van der Waals surface area (Å²) in [6.07, 6.45) is 4.64. The van der Waals surface area contributed by atoms with Gasteiger partial charge in [0.15, 0.2) is 6.61 Å². The number of carbonyl (C=O) groups excluding carboxylic acids is 1. The first-order chi connectivity index (χ1) is 11.4. The Morgan fingerprint density at radius 3 is 2.25 bits per heavy atom. The molecule has 0 saturated heterocycles. The third-order valence-electron chi connectivity index (χ3n) is 4.97. The quantitative estimate of drug-likeness (QED) is 0.833. The van der Waals surface area contributed by atoms with Crippen molar-refractivity contribution in [3.8, 4) is 5.75 Å². The summed E-state index contributed by atoms with van der Waals surface area (Å²) in [7, 11) is 0. The van der Waals surface area contributed by atoms with Crippen LogP contribution in [0.1, 0.15) is 54.1 Å². The minimum atomic E-state index is -1.01. The Labute approximate surface area is 142 Å². The molecule has 0 bridgehead atoms. The molecule has 2 saturated carbocycles. The monoisotopic (exact) mass is 331 g/mol. The number of carboxylic acid groups (broad SMARTS) is 1. The highest BCUT2D eigenvalue weighted by Crippen LogP contribution is 2.40. The summed E-state index contributed by atoms with van der Waals surface area (Å²) >= 11 is 0. The zero-order valence-corrected chi connectivity index (χ0v) is 14.5. The molecule has 0 aromatic heterocycles. The number of aryl methyl sites for hydroxylation is 2. The lowest BCUT2D eigenvalue weighted by Gasteiger charge is -2.30. The second kappa shape index (κ2) is 6.46. The van der Waals surface area contributed by atoms with Crippen molar-refractivity contribution in [1.82, 2.24) is 4.90 Å². The average Bonchev–Trinajstić information content (AvgIpc) is 3.36. The molecule has 0 aliphatic heterocycles. The van der Waals surface area contributed by atoms with Crippen LogP contribution in [0.5, 0.6) is 5.75 Å². The van der Waals surface area contributed by atoms with Gasteiger partial charge in [-0.05, 0) is 75.6 Å². The van der Waals surface area contributed by atoms with Crippen molar-refractivity contribution in [3.63, 3.8) is 0 Å². The van der Waals surface area contributed by atoms with Gasteiger partial charge in [0, 0.05) is 17.6 Å². The molecule has 24 heavy (non-hydrogen) atoms. The summed E-state index contributed by atoms with van der Waals surface area (Å²) in [6.45, 7) is 5.50. The van der Waals surface area contributed by atoms with E-state index in [1.165, 1.54) is 12.8 Å². The summed E-state index contributed by atoms with van der Waals surface area (Å²) in [5.74, 6) is 0.289. The van der Waals surface area contributed by atoms with Gasteiger partial charge in [0.2, 0.25) is 0 Å². The molecule has 3 rings (SSSR count). The summed E-state index contributed by atoms with van der Waals surface area (Å²) in [5.41, 5.74) is 2.27. The predicted molar refractivity (Wildman–Crippen MR) is 90.4 cm³/mol. The molecule has 2 aliphatic carbocycles. The Morgan fingerprint density at radius 1 is 1.21 bits per heavy atom. The standard InChI is InChI=1S/C19H25NO4/c1-11-8-15(9-12(2)18(11)24-10-17(21)22)19(23)20(16-6-7-16)13(3)14-4-5-14/h8-9,13-14,16H,4-7,10H2,1-3H3,(H,21,22)/t13-/m0/s1. The largest absolute Gasteiger partial charge is 0.481 e. The van der Waals surface area contributed by atoms with Gasteiger partial charge in [-0.25, -0.2) is 4.79 Å². The van der Waals surface area contributed by atoms with E-state index in [0.29, 0.717) is 29.3 Å². The number of rotatable bonds is 7. The maximum Gasteiger partial charge on any atom is 0.341 e. The van der Waals surface area contributed by atoms with Gasteiger partial charge >= 0.3 is 5.97 Å². The minimum absolute atomic E-state index is 0.0906. The van der Waals surface area contributed by atoms with Gasteiger partial charge in [0.1, 0.15) is 5.75 Å². The molecule has 5 heteroatoms. The van der Waals surface area contributed by atoms with Gasteiger partial charge < -0.3 is 14.7 Å². The third kappa shape index (κ3) is 3.55. The van der Waals surface area contributed by atoms with E-state index in [0.717, 1.165) is 24.0 Å². The summed E-state index contributed by atoms with van der Waals surface area (Å²) < 4.78 is 5.36. The van der Waals surface area contributed by atoms with E-state index in [1.807, 2.05) is 26.0 Å². The van der Waals surface area contributed by atoms with Crippen molar-refractivity contribution in [2.75, 3.05) is 6.61 Å². The molecule has 0 unspecified atom stereocenters. The molecule has 5 nitrogen and oxygen atoms in total. The van der Waals surface area contributed by atoms with Gasteiger partial charge in [-0.2, -0.15) is 0 Å². The lowest BCUT2D eigenvalue weighted by atomic mass is 10.0. The first-order valence-electron chi connectivity index (χ1n) is 8.67. The molecular weight excluding hydrogens is 306 g/mol. The fourth-order valence-electron chi connectivity index (χ4n) is 3.43. The Morgan fingerprint density at radius 2 is 1.79 bits per heavy atom. The molecule has 2 aliphatic rings. The number of aliphatic carboxylic acids is 1. The van der Waals surface area contributed by atoms with E-state index >= 15 is 0 Å². The van der Waals surface area contributed by atoms with Crippen LogP contribution in [-0.2, 0) is 4.79 Å². The van der Waals surface area contributed by atoms with Crippen LogP contribution >= 0.6 is 0 Å². The van der Waals surface area contributed by atoms with E-state index in [9.17, 15) is 9.59 Å². The van der Waals surface area contributed by atoms with Crippen molar-refractivity contribution in [1.29, 1.82) is 0 Å². The zero-order chi connectivity index (χ0) is 17.4. The van der Waals surface area contributed by atoms with Crippen molar-refractivity contribution < 1.29 is 19.4 Å². The Kier molecular flexibility index (Phi) is 4.52. The van der Waals surface area contributed by atoms with Gasteiger partial charge in [-0.1, -0.05) is 0 Å². The number of carbonyl (C=O) groups is 2. The Bertz CT molecular complexity index is 638. The lowest BCUT2D eigenvalue weighted by molar-refractivity contribution is -0.139. The number of amides is 1. The van der Waals surface area contributed by atoms with Crippen LogP contribution in [0, 0.1) is 19.8 Å². The molecule has 1 aromatic rings. The minimum Gasteiger partial charge on any atom is -0.481 e. The summed E-state index contributed by atoms with van der Waals surface area (Å²) in [5, 5.41) is 8.77. The topological polar surface area (TPSA) is 66.8 Å². The van der Waals surface area contributed by atoms with E-state index < -0.39 is 5.97 Å². The molecule has 0 heterocycles. The van der Waals surface area contributed by atoms with Crippen molar-refractivity contribution in [2.24, 2.45) is 5.92 Å². The first kappa shape index (κ1) is 16.8. The van der Waals surface area contributed by atoms with Crippen molar-refractivity contribution in [2.45, 2.75) is 58.5 Å². The smallest absolute Gasteiger partial charge is 0.341 e. The molecule has 0 radical (unpaired) electrons. The molecule has 130 valence electrons. The van der Waals surface area contributed by atoms with E-state index in [1.54, 1.807) is 0 Å². The average molecular weight is 331 g/mol. The van der Waals surface area contributed by atoms with Crippen LogP contribution in [0.2, 0.25) is 0 Å². The lowest BCUT2D eigenvalue weighted by Crippen LogP contribution is -2.41. The number of carboxylic acids is 1. The van der Waals surface area contributed by atoms with Gasteiger partial charge in [-0.3, -0.25) is 4.79 Å². The van der Waals surface area contributed by atoms with Crippen LogP contribution in [0.3, 0.4) is 0 Å². The molecule has 1 atom stereocenters. The molecule has 1 N–H and O–H groups in total. The van der Waals surface area contributed by atoms with Crippen LogP contribution in [0.4, 0.5) is 0 Å².